The van der Waals surface area contributed by atoms with Crippen molar-refractivity contribution in [1.82, 2.24) is 21.2 Å². The SMILES string of the molecule is Cc1cc(C#N)cc(F)c1N1NC2C(CC1=O)NNC2c1ccc2c(c1)CN(C(=O)CO)CC2. The van der Waals surface area contributed by atoms with Gasteiger partial charge >= 0.3 is 0 Å². The van der Waals surface area contributed by atoms with Crippen molar-refractivity contribution in [1.29, 1.82) is 5.26 Å². The summed E-state index contributed by atoms with van der Waals surface area (Å²) in [4.78, 5) is 26.5. The molecule has 0 bridgehead atoms. The first-order chi connectivity index (χ1) is 16.4. The quantitative estimate of drug-likeness (QED) is 0.528. The predicted molar refractivity (Wildman–Crippen MR) is 120 cm³/mol. The van der Waals surface area contributed by atoms with E-state index in [1.54, 1.807) is 17.9 Å². The Balaban J connectivity index is 1.42. The molecule has 176 valence electrons. The molecule has 4 N–H and O–H groups in total. The summed E-state index contributed by atoms with van der Waals surface area (Å²) in [6, 6.07) is 10.1. The Hall–Kier alpha value is -3.36. The fraction of sp³-hybridized carbons (Fsp3) is 0.375. The number of amides is 2. The predicted octanol–water partition coefficient (Wildman–Crippen LogP) is 0.710. The lowest BCUT2D eigenvalue weighted by molar-refractivity contribution is -0.135. The van der Waals surface area contributed by atoms with E-state index in [2.05, 4.69) is 22.3 Å². The van der Waals surface area contributed by atoms with Gasteiger partial charge in [0.25, 0.3) is 0 Å². The Morgan fingerprint density at radius 1 is 1.26 bits per heavy atom. The molecule has 3 unspecified atom stereocenters. The third-order valence-corrected chi connectivity index (χ3v) is 6.84. The van der Waals surface area contributed by atoms with Crippen LogP contribution < -0.4 is 21.3 Å². The Labute approximate surface area is 196 Å². The molecule has 3 heterocycles. The summed E-state index contributed by atoms with van der Waals surface area (Å²) in [5.74, 6) is -1.19. The van der Waals surface area contributed by atoms with Crippen molar-refractivity contribution in [2.45, 2.75) is 44.4 Å². The van der Waals surface area contributed by atoms with Crippen LogP contribution in [0.5, 0.6) is 0 Å². The normalized spacial score (nSPS) is 23.9. The van der Waals surface area contributed by atoms with Gasteiger partial charge in [0.1, 0.15) is 12.4 Å². The highest BCUT2D eigenvalue weighted by Crippen LogP contribution is 2.33. The molecular weight excluding hydrogens is 439 g/mol. The van der Waals surface area contributed by atoms with E-state index >= 15 is 0 Å². The molecule has 0 aliphatic carbocycles. The van der Waals surface area contributed by atoms with Gasteiger partial charge in [0.2, 0.25) is 11.8 Å². The maximum Gasteiger partial charge on any atom is 0.248 e. The number of rotatable bonds is 3. The van der Waals surface area contributed by atoms with Crippen molar-refractivity contribution in [2.24, 2.45) is 0 Å². The molecule has 0 spiro atoms. The molecule has 2 aromatic rings. The number of nitrogens with zero attached hydrogens (tertiary/aromatic N) is 3. The van der Waals surface area contributed by atoms with Gasteiger partial charge in [-0.2, -0.15) is 5.26 Å². The lowest BCUT2D eigenvalue weighted by Gasteiger charge is -2.38. The number of nitrogens with one attached hydrogen (secondary N) is 3. The summed E-state index contributed by atoms with van der Waals surface area (Å²) in [5.41, 5.74) is 13.6. The van der Waals surface area contributed by atoms with Crippen molar-refractivity contribution in [3.05, 3.63) is 64.0 Å². The number of aliphatic hydroxyl groups excluding tert-OH is 1. The summed E-state index contributed by atoms with van der Waals surface area (Å²) in [6.07, 6.45) is 0.894. The van der Waals surface area contributed by atoms with Crippen molar-refractivity contribution in [3.63, 3.8) is 0 Å². The van der Waals surface area contributed by atoms with Crippen molar-refractivity contribution < 1.29 is 19.1 Å². The molecule has 2 saturated heterocycles. The second-order valence-electron chi connectivity index (χ2n) is 8.95. The second kappa shape index (κ2) is 8.77. The largest absolute Gasteiger partial charge is 0.387 e. The number of hydrogen-bond donors (Lipinski definition) is 4. The average Bonchev–Trinajstić information content (AvgIpc) is 3.24. The third-order valence-electron chi connectivity index (χ3n) is 6.84. The summed E-state index contributed by atoms with van der Waals surface area (Å²) in [5, 5.41) is 19.6. The smallest absolute Gasteiger partial charge is 0.248 e. The van der Waals surface area contributed by atoms with Crippen LogP contribution in [-0.4, -0.2) is 47.1 Å². The zero-order valence-electron chi connectivity index (χ0n) is 18.6. The molecule has 0 aromatic heterocycles. The van der Waals surface area contributed by atoms with Gasteiger partial charge in [0, 0.05) is 25.6 Å². The van der Waals surface area contributed by atoms with Crippen LogP contribution in [0, 0.1) is 24.1 Å². The van der Waals surface area contributed by atoms with Gasteiger partial charge in [-0.15, -0.1) is 0 Å². The number of aliphatic hydroxyl groups is 1. The minimum absolute atomic E-state index is 0.122. The highest BCUT2D eigenvalue weighted by molar-refractivity contribution is 5.95. The zero-order valence-corrected chi connectivity index (χ0v) is 18.6. The average molecular weight is 465 g/mol. The molecule has 0 radical (unpaired) electrons. The molecule has 2 amide bonds. The number of carbonyl (C=O) groups is 2. The molecule has 3 aliphatic heterocycles. The molecular formula is C24H25FN6O3. The monoisotopic (exact) mass is 464 g/mol. The van der Waals surface area contributed by atoms with E-state index in [-0.39, 0.29) is 47.6 Å². The lowest BCUT2D eigenvalue weighted by Crippen LogP contribution is -2.60. The summed E-state index contributed by atoms with van der Waals surface area (Å²) >= 11 is 0. The Kier molecular flexibility index (Phi) is 5.79. The van der Waals surface area contributed by atoms with Gasteiger partial charge < -0.3 is 10.0 Å². The van der Waals surface area contributed by atoms with E-state index in [0.717, 1.165) is 29.2 Å². The van der Waals surface area contributed by atoms with E-state index in [9.17, 15) is 19.1 Å². The van der Waals surface area contributed by atoms with E-state index in [1.807, 2.05) is 18.2 Å². The molecule has 9 nitrogen and oxygen atoms in total. The molecule has 34 heavy (non-hydrogen) atoms. The van der Waals surface area contributed by atoms with Crippen molar-refractivity contribution in [2.75, 3.05) is 18.2 Å². The number of aryl methyl sites for hydroxylation is 1. The van der Waals surface area contributed by atoms with Crippen molar-refractivity contribution in [3.8, 4) is 6.07 Å². The molecule has 3 aliphatic rings. The van der Waals surface area contributed by atoms with Crippen LogP contribution >= 0.6 is 0 Å². The Morgan fingerprint density at radius 2 is 2.09 bits per heavy atom. The molecule has 2 aromatic carbocycles. The van der Waals surface area contributed by atoms with Crippen LogP contribution in [0.3, 0.4) is 0 Å². The first-order valence-electron chi connectivity index (χ1n) is 11.2. The minimum Gasteiger partial charge on any atom is -0.387 e. The summed E-state index contributed by atoms with van der Waals surface area (Å²) in [6.45, 7) is 2.18. The number of hydrogen-bond acceptors (Lipinski definition) is 7. The third kappa shape index (κ3) is 3.82. The number of halogens is 1. The van der Waals surface area contributed by atoms with Gasteiger partial charge in [0.15, 0.2) is 0 Å². The summed E-state index contributed by atoms with van der Waals surface area (Å²) in [7, 11) is 0. The van der Waals surface area contributed by atoms with Crippen LogP contribution in [0.2, 0.25) is 0 Å². The summed E-state index contributed by atoms with van der Waals surface area (Å²) < 4.78 is 14.9. The number of benzene rings is 2. The lowest BCUT2D eigenvalue weighted by atomic mass is 9.90. The number of anilines is 1. The van der Waals surface area contributed by atoms with Crippen LogP contribution in [-0.2, 0) is 22.6 Å². The molecule has 0 saturated carbocycles. The fourth-order valence-corrected chi connectivity index (χ4v) is 5.10. The Bertz CT molecular complexity index is 1190. The maximum atomic E-state index is 14.9. The van der Waals surface area contributed by atoms with Gasteiger partial charge in [-0.1, -0.05) is 18.2 Å². The van der Waals surface area contributed by atoms with Crippen LogP contribution in [0.4, 0.5) is 10.1 Å². The van der Waals surface area contributed by atoms with Crippen LogP contribution in [0.15, 0.2) is 30.3 Å². The first-order valence-corrected chi connectivity index (χ1v) is 11.2. The molecule has 3 atom stereocenters. The van der Waals surface area contributed by atoms with Gasteiger partial charge in [0.05, 0.1) is 29.4 Å². The molecule has 2 fully saturated rings. The van der Waals surface area contributed by atoms with Gasteiger partial charge in [-0.3, -0.25) is 15.0 Å². The van der Waals surface area contributed by atoms with Gasteiger partial charge in [-0.05, 0) is 47.7 Å². The standard InChI is InChI=1S/C24H25FN6O3/c1-13-6-14(10-26)7-18(25)24(13)31-20(33)9-19-23(29-31)22(28-27-19)16-3-2-15-4-5-30(21(34)12-32)11-17(15)8-16/h2-3,6-8,19,22-23,27-29,32H,4-5,9,11-12H2,1H3. The van der Waals surface area contributed by atoms with E-state index in [1.165, 1.54) is 5.01 Å². The molecule has 5 rings (SSSR count). The first kappa shape index (κ1) is 22.4. The van der Waals surface area contributed by atoms with Crippen molar-refractivity contribution >= 4 is 17.5 Å². The highest BCUT2D eigenvalue weighted by atomic mass is 19.1. The van der Waals surface area contributed by atoms with E-state index in [0.29, 0.717) is 18.7 Å². The van der Waals surface area contributed by atoms with Crippen LogP contribution in [0.1, 0.15) is 40.3 Å². The number of nitriles is 1. The minimum atomic E-state index is -0.631. The zero-order chi connectivity index (χ0) is 24.0. The fourth-order valence-electron chi connectivity index (χ4n) is 5.10. The van der Waals surface area contributed by atoms with E-state index in [4.69, 9.17) is 5.26 Å². The number of hydrazine groups is 2. The second-order valence-corrected chi connectivity index (χ2v) is 8.95. The Morgan fingerprint density at radius 3 is 2.82 bits per heavy atom. The topological polar surface area (TPSA) is 121 Å². The number of fused-ring (bicyclic) bond motifs is 2. The molecule has 10 heteroatoms. The van der Waals surface area contributed by atoms with Gasteiger partial charge in [-0.25, -0.2) is 20.3 Å². The van der Waals surface area contributed by atoms with Crippen LogP contribution in [0.25, 0.3) is 0 Å². The maximum absolute atomic E-state index is 14.9. The highest BCUT2D eigenvalue weighted by Gasteiger charge is 2.44. The van der Waals surface area contributed by atoms with E-state index < -0.39 is 12.4 Å². The number of carbonyl (C=O) groups excluding carboxylic acids is 2.